The fraction of sp³-hybridized carbons (Fsp3) is 0.0455. The zero-order chi connectivity index (χ0) is 21.0. The second-order valence-corrected chi connectivity index (χ2v) is 6.65. The Kier molecular flexibility index (Phi) is 4.82. The van der Waals surface area contributed by atoms with Crippen LogP contribution >= 0.6 is 0 Å². The van der Waals surface area contributed by atoms with Gasteiger partial charge in [-0.05, 0) is 29.8 Å². The van der Waals surface area contributed by atoms with Crippen LogP contribution in [0.1, 0.15) is 5.56 Å². The summed E-state index contributed by atoms with van der Waals surface area (Å²) >= 11 is 0. The van der Waals surface area contributed by atoms with Crippen LogP contribution in [0.4, 0.5) is 5.82 Å². The summed E-state index contributed by atoms with van der Waals surface area (Å²) in [5, 5.41) is 9.55. The number of fused-ring (bicyclic) bond motifs is 1. The molecule has 9 heteroatoms. The molecule has 2 aromatic carbocycles. The minimum absolute atomic E-state index is 0.574. The summed E-state index contributed by atoms with van der Waals surface area (Å²) in [5.41, 5.74) is 6.50. The number of imidazole rings is 1. The van der Waals surface area contributed by atoms with Crippen LogP contribution in [-0.4, -0.2) is 42.6 Å². The van der Waals surface area contributed by atoms with Crippen LogP contribution < -0.4 is 10.2 Å². The first kappa shape index (κ1) is 18.5. The topological polar surface area (TPSA) is 95.0 Å². The third-order valence-corrected chi connectivity index (χ3v) is 4.74. The Bertz CT molecular complexity index is 1340. The van der Waals surface area contributed by atoms with Gasteiger partial charge in [0.1, 0.15) is 12.1 Å². The second-order valence-electron chi connectivity index (χ2n) is 6.65. The van der Waals surface area contributed by atoms with Gasteiger partial charge in [-0.1, -0.05) is 18.2 Å². The quantitative estimate of drug-likeness (QED) is 0.340. The average Bonchev–Trinajstić information content (AvgIpc) is 3.50. The van der Waals surface area contributed by atoms with Gasteiger partial charge in [-0.3, -0.25) is 5.43 Å². The Morgan fingerprint density at radius 3 is 2.77 bits per heavy atom. The Labute approximate surface area is 177 Å². The van der Waals surface area contributed by atoms with E-state index in [-0.39, 0.29) is 0 Å². The lowest BCUT2D eigenvalue weighted by Crippen LogP contribution is -2.00. The highest BCUT2D eigenvalue weighted by atomic mass is 16.5. The van der Waals surface area contributed by atoms with E-state index in [1.165, 1.54) is 6.33 Å². The van der Waals surface area contributed by atoms with Gasteiger partial charge in [0.15, 0.2) is 11.5 Å². The SMILES string of the molecule is COc1cccc(-n2ncc3c(N/N=C/c4ccc(-n5ccnc5)cc4)ncnc32)c1. The molecule has 0 radical (unpaired) electrons. The number of methoxy groups -OCH3 is 1. The highest BCUT2D eigenvalue weighted by Crippen LogP contribution is 2.23. The first-order chi connectivity index (χ1) is 15.3. The molecule has 0 spiro atoms. The van der Waals surface area contributed by atoms with E-state index in [4.69, 9.17) is 4.74 Å². The van der Waals surface area contributed by atoms with Gasteiger partial charge in [-0.25, -0.2) is 19.6 Å². The lowest BCUT2D eigenvalue weighted by molar-refractivity contribution is 0.414. The molecule has 0 aliphatic carbocycles. The van der Waals surface area contributed by atoms with Crippen LogP contribution in [-0.2, 0) is 0 Å². The van der Waals surface area contributed by atoms with E-state index in [2.05, 4.69) is 30.6 Å². The number of aromatic nitrogens is 6. The number of hydrazone groups is 1. The predicted octanol–water partition coefficient (Wildman–Crippen LogP) is 3.46. The molecule has 0 amide bonds. The van der Waals surface area contributed by atoms with E-state index in [1.807, 2.05) is 59.3 Å². The zero-order valence-electron chi connectivity index (χ0n) is 16.6. The summed E-state index contributed by atoms with van der Waals surface area (Å²) in [6, 6.07) is 15.6. The number of nitrogens with one attached hydrogen (secondary N) is 1. The van der Waals surface area contributed by atoms with Crippen LogP contribution in [0.3, 0.4) is 0 Å². The number of nitrogens with zero attached hydrogens (tertiary/aromatic N) is 7. The van der Waals surface area contributed by atoms with Gasteiger partial charge in [0.2, 0.25) is 0 Å². The molecule has 0 saturated carbocycles. The van der Waals surface area contributed by atoms with Gasteiger partial charge in [0.05, 0.1) is 36.9 Å². The van der Waals surface area contributed by atoms with Crippen molar-refractivity contribution < 1.29 is 4.74 Å². The minimum atomic E-state index is 0.574. The van der Waals surface area contributed by atoms with Crippen LogP contribution in [0, 0.1) is 0 Å². The maximum atomic E-state index is 5.30. The second kappa shape index (κ2) is 8.07. The first-order valence-corrected chi connectivity index (χ1v) is 9.52. The van der Waals surface area contributed by atoms with Crippen molar-refractivity contribution in [3.8, 4) is 17.1 Å². The maximum Gasteiger partial charge on any atom is 0.168 e. The molecule has 5 aromatic rings. The highest BCUT2D eigenvalue weighted by molar-refractivity contribution is 5.88. The van der Waals surface area contributed by atoms with Gasteiger partial charge in [0.25, 0.3) is 0 Å². The van der Waals surface area contributed by atoms with E-state index in [9.17, 15) is 0 Å². The molecule has 31 heavy (non-hydrogen) atoms. The summed E-state index contributed by atoms with van der Waals surface area (Å²) in [7, 11) is 1.63. The molecule has 0 bridgehead atoms. The lowest BCUT2D eigenvalue weighted by Gasteiger charge is -2.06. The number of anilines is 1. The predicted molar refractivity (Wildman–Crippen MR) is 118 cm³/mol. The van der Waals surface area contributed by atoms with Crippen LogP contribution in [0.2, 0.25) is 0 Å². The Hall–Kier alpha value is -4.53. The van der Waals surface area contributed by atoms with E-state index in [0.717, 1.165) is 28.1 Å². The normalized spacial score (nSPS) is 11.3. The van der Waals surface area contributed by atoms with Crippen molar-refractivity contribution in [3.63, 3.8) is 0 Å². The summed E-state index contributed by atoms with van der Waals surface area (Å²) < 4.78 is 8.98. The molecular formula is C22H18N8O. The van der Waals surface area contributed by atoms with Crippen LogP contribution in [0.5, 0.6) is 5.75 Å². The Morgan fingerprint density at radius 2 is 1.97 bits per heavy atom. The molecule has 0 fully saturated rings. The van der Waals surface area contributed by atoms with Crippen molar-refractivity contribution in [1.29, 1.82) is 0 Å². The molecule has 0 saturated heterocycles. The molecule has 0 atom stereocenters. The van der Waals surface area contributed by atoms with E-state index >= 15 is 0 Å². The maximum absolute atomic E-state index is 5.30. The van der Waals surface area contributed by atoms with Gasteiger partial charge < -0.3 is 9.30 Å². The van der Waals surface area contributed by atoms with Gasteiger partial charge in [-0.2, -0.15) is 10.2 Å². The largest absolute Gasteiger partial charge is 0.497 e. The molecule has 3 aromatic heterocycles. The van der Waals surface area contributed by atoms with Gasteiger partial charge in [-0.15, -0.1) is 0 Å². The molecule has 152 valence electrons. The number of hydrogen-bond acceptors (Lipinski definition) is 7. The molecule has 0 unspecified atom stereocenters. The first-order valence-electron chi connectivity index (χ1n) is 9.52. The molecule has 3 heterocycles. The Morgan fingerprint density at radius 1 is 1.06 bits per heavy atom. The van der Waals surface area contributed by atoms with Crippen LogP contribution in [0.15, 0.2) is 84.9 Å². The third kappa shape index (κ3) is 3.71. The Balaban J connectivity index is 1.37. The fourth-order valence-corrected chi connectivity index (χ4v) is 3.18. The van der Waals surface area contributed by atoms with Crippen molar-refractivity contribution in [2.24, 2.45) is 5.10 Å². The van der Waals surface area contributed by atoms with Crippen molar-refractivity contribution in [3.05, 3.63) is 85.3 Å². The smallest absolute Gasteiger partial charge is 0.168 e. The summed E-state index contributed by atoms with van der Waals surface area (Å²) in [6.45, 7) is 0. The van der Waals surface area contributed by atoms with E-state index in [1.54, 1.807) is 36.7 Å². The third-order valence-electron chi connectivity index (χ3n) is 4.74. The standard InChI is InChI=1S/C22H18N8O/c1-31-19-4-2-3-18(11-19)30-22-20(13-27-30)21(24-14-25-22)28-26-12-16-5-7-17(8-6-16)29-10-9-23-15-29/h2-15H,1H3,(H,24,25,28)/b26-12+. The van der Waals surface area contributed by atoms with E-state index in [0.29, 0.717) is 11.5 Å². The minimum Gasteiger partial charge on any atom is -0.497 e. The zero-order valence-corrected chi connectivity index (χ0v) is 16.6. The van der Waals surface area contributed by atoms with Crippen molar-refractivity contribution in [1.82, 2.24) is 29.3 Å². The summed E-state index contributed by atoms with van der Waals surface area (Å²) in [4.78, 5) is 12.7. The molecular weight excluding hydrogens is 392 g/mol. The number of rotatable bonds is 6. The van der Waals surface area contributed by atoms with Gasteiger partial charge >= 0.3 is 0 Å². The molecule has 1 N–H and O–H groups in total. The summed E-state index contributed by atoms with van der Waals surface area (Å²) in [5.74, 6) is 1.32. The van der Waals surface area contributed by atoms with Crippen molar-refractivity contribution in [2.45, 2.75) is 0 Å². The van der Waals surface area contributed by atoms with E-state index < -0.39 is 0 Å². The molecule has 5 rings (SSSR count). The van der Waals surface area contributed by atoms with Crippen molar-refractivity contribution in [2.75, 3.05) is 12.5 Å². The number of hydrogen-bond donors (Lipinski definition) is 1. The summed E-state index contributed by atoms with van der Waals surface area (Å²) in [6.07, 6.45) is 10.3. The molecule has 9 nitrogen and oxygen atoms in total. The molecule has 0 aliphatic rings. The van der Waals surface area contributed by atoms with Gasteiger partial charge in [0, 0.05) is 24.1 Å². The number of ether oxygens (including phenoxy) is 1. The molecule has 0 aliphatic heterocycles. The van der Waals surface area contributed by atoms with Crippen LogP contribution in [0.25, 0.3) is 22.4 Å². The van der Waals surface area contributed by atoms with Crippen molar-refractivity contribution >= 4 is 23.1 Å². The fourth-order valence-electron chi connectivity index (χ4n) is 3.18. The lowest BCUT2D eigenvalue weighted by atomic mass is 10.2. The average molecular weight is 410 g/mol. The number of benzene rings is 2. The monoisotopic (exact) mass is 410 g/mol. The highest BCUT2D eigenvalue weighted by Gasteiger charge is 2.11.